The molecule has 2 nitrogen and oxygen atoms in total. The fourth-order valence-corrected chi connectivity index (χ4v) is 5.08. The lowest BCUT2D eigenvalue weighted by Gasteiger charge is -2.25. The van der Waals surface area contributed by atoms with Gasteiger partial charge in [-0.15, -0.1) is 0 Å². The highest BCUT2D eigenvalue weighted by Gasteiger charge is 2.57. The highest BCUT2D eigenvalue weighted by Crippen LogP contribution is 2.58. The number of hydrogen-bond acceptors (Lipinski definition) is 2. The van der Waals surface area contributed by atoms with Gasteiger partial charge in [0.2, 0.25) is 0 Å². The standard InChI is InChI=1S/C9H14O2Si/c10-9-8-4-1-5(7(12)2-4)6(8)3-11-9/h4-8H,1-3H2,12H3. The number of cyclic esters (lactones) is 1. The normalized spacial score (nSPS) is 56.0. The Morgan fingerprint density at radius 2 is 2.17 bits per heavy atom. The Morgan fingerprint density at radius 3 is 3.00 bits per heavy atom. The summed E-state index contributed by atoms with van der Waals surface area (Å²) in [6.07, 6.45) is 2.66. The maximum absolute atomic E-state index is 11.3. The first-order valence-corrected chi connectivity index (χ1v) is 6.09. The Hall–Kier alpha value is -0.313. The molecular formula is C9H14O2Si. The summed E-state index contributed by atoms with van der Waals surface area (Å²) in [7, 11) is 1.31. The molecule has 66 valence electrons. The molecule has 3 heteroatoms. The third-order valence-electron chi connectivity index (χ3n) is 4.19. The van der Waals surface area contributed by atoms with Crippen LogP contribution in [0.25, 0.3) is 0 Å². The lowest BCUT2D eigenvalue weighted by atomic mass is 9.81. The molecule has 0 aromatic carbocycles. The summed E-state index contributed by atoms with van der Waals surface area (Å²) in [5, 5.41) is 0. The van der Waals surface area contributed by atoms with Crippen LogP contribution in [0.3, 0.4) is 0 Å². The predicted molar refractivity (Wildman–Crippen MR) is 47.8 cm³/mol. The van der Waals surface area contributed by atoms with Gasteiger partial charge in [-0.05, 0) is 24.7 Å². The van der Waals surface area contributed by atoms with Gasteiger partial charge in [0.1, 0.15) is 0 Å². The van der Waals surface area contributed by atoms with E-state index in [4.69, 9.17) is 4.74 Å². The first-order valence-electron chi connectivity index (χ1n) is 4.94. The zero-order chi connectivity index (χ0) is 8.29. The first-order chi connectivity index (χ1) is 5.77. The molecule has 1 heterocycles. The maximum Gasteiger partial charge on any atom is 0.309 e. The smallest absolute Gasteiger partial charge is 0.309 e. The molecular weight excluding hydrogens is 168 g/mol. The minimum Gasteiger partial charge on any atom is -0.465 e. The monoisotopic (exact) mass is 182 g/mol. The summed E-state index contributed by atoms with van der Waals surface area (Å²) in [6, 6.07) is 0. The molecule has 3 aliphatic rings. The van der Waals surface area contributed by atoms with E-state index in [1.165, 1.54) is 23.1 Å². The quantitative estimate of drug-likeness (QED) is 0.388. The summed E-state index contributed by atoms with van der Waals surface area (Å²) in [5.74, 6) is 2.62. The topological polar surface area (TPSA) is 26.3 Å². The van der Waals surface area contributed by atoms with Crippen molar-refractivity contribution in [1.82, 2.24) is 0 Å². The molecule has 0 aromatic rings. The van der Waals surface area contributed by atoms with E-state index in [0.29, 0.717) is 17.8 Å². The summed E-state index contributed by atoms with van der Waals surface area (Å²) in [6.45, 7) is 0.739. The Balaban J connectivity index is 1.94. The van der Waals surface area contributed by atoms with Crippen molar-refractivity contribution < 1.29 is 9.53 Å². The number of carbonyl (C=O) groups excluding carboxylic acids is 1. The maximum atomic E-state index is 11.3. The Labute approximate surface area is 75.1 Å². The molecule has 0 amide bonds. The van der Waals surface area contributed by atoms with E-state index in [2.05, 4.69) is 0 Å². The van der Waals surface area contributed by atoms with Gasteiger partial charge in [0.15, 0.2) is 0 Å². The molecule has 5 atom stereocenters. The van der Waals surface area contributed by atoms with Crippen LogP contribution in [0, 0.1) is 23.7 Å². The fraction of sp³-hybridized carbons (Fsp3) is 0.889. The molecule has 1 saturated heterocycles. The van der Waals surface area contributed by atoms with Crippen LogP contribution >= 0.6 is 0 Å². The van der Waals surface area contributed by atoms with Gasteiger partial charge >= 0.3 is 5.97 Å². The molecule has 0 radical (unpaired) electrons. The highest BCUT2D eigenvalue weighted by atomic mass is 28.1. The number of carbonyl (C=O) groups is 1. The SMILES string of the molecule is O=C1OCC2C3CC(CC3[SiH3])C12. The van der Waals surface area contributed by atoms with Gasteiger partial charge in [0.25, 0.3) is 0 Å². The fourth-order valence-electron chi connectivity index (χ4n) is 3.71. The van der Waals surface area contributed by atoms with Crippen molar-refractivity contribution in [3.63, 3.8) is 0 Å². The molecule has 1 aliphatic heterocycles. The van der Waals surface area contributed by atoms with Crippen LogP contribution in [0.2, 0.25) is 5.54 Å². The van der Waals surface area contributed by atoms with Crippen LogP contribution in [-0.2, 0) is 9.53 Å². The highest BCUT2D eigenvalue weighted by molar-refractivity contribution is 6.12. The molecule has 0 aromatic heterocycles. The Kier molecular flexibility index (Phi) is 1.27. The second kappa shape index (κ2) is 2.13. The van der Waals surface area contributed by atoms with Gasteiger partial charge in [-0.2, -0.15) is 0 Å². The minimum atomic E-state index is 0.112. The van der Waals surface area contributed by atoms with Crippen molar-refractivity contribution in [2.75, 3.05) is 6.61 Å². The first kappa shape index (κ1) is 7.13. The number of fused-ring (bicyclic) bond motifs is 5. The van der Waals surface area contributed by atoms with Crippen LogP contribution in [0.15, 0.2) is 0 Å². The summed E-state index contributed by atoms with van der Waals surface area (Å²) >= 11 is 0. The van der Waals surface area contributed by atoms with Crippen molar-refractivity contribution >= 4 is 16.2 Å². The third kappa shape index (κ3) is 0.684. The average molecular weight is 182 g/mol. The van der Waals surface area contributed by atoms with E-state index in [9.17, 15) is 4.79 Å². The number of hydrogen-bond donors (Lipinski definition) is 0. The average Bonchev–Trinajstić information content (AvgIpc) is 2.62. The molecule has 12 heavy (non-hydrogen) atoms. The molecule has 3 rings (SSSR count). The van der Waals surface area contributed by atoms with E-state index in [0.717, 1.165) is 18.1 Å². The molecule has 0 spiro atoms. The molecule has 5 unspecified atom stereocenters. The van der Waals surface area contributed by atoms with Crippen LogP contribution < -0.4 is 0 Å². The van der Waals surface area contributed by atoms with Crippen LogP contribution in [0.1, 0.15) is 12.8 Å². The van der Waals surface area contributed by atoms with E-state index < -0.39 is 0 Å². The van der Waals surface area contributed by atoms with Crippen LogP contribution in [0.4, 0.5) is 0 Å². The lowest BCUT2D eigenvalue weighted by Crippen LogP contribution is -2.26. The van der Waals surface area contributed by atoms with E-state index in [-0.39, 0.29) is 5.97 Å². The predicted octanol–water partition coefficient (Wildman–Crippen LogP) is -0.0307. The van der Waals surface area contributed by atoms with E-state index in [1.807, 2.05) is 0 Å². The Bertz CT molecular complexity index is 241. The zero-order valence-electron chi connectivity index (χ0n) is 7.32. The zero-order valence-corrected chi connectivity index (χ0v) is 9.32. The van der Waals surface area contributed by atoms with Gasteiger partial charge in [0.05, 0.1) is 12.5 Å². The molecule has 3 fully saturated rings. The van der Waals surface area contributed by atoms with Crippen molar-refractivity contribution in [3.05, 3.63) is 0 Å². The number of ether oxygens (including phenoxy) is 1. The molecule has 2 aliphatic carbocycles. The second-order valence-corrected chi connectivity index (χ2v) is 6.18. The summed E-state index contributed by atoms with van der Waals surface area (Å²) in [5.41, 5.74) is 0.978. The summed E-state index contributed by atoms with van der Waals surface area (Å²) in [4.78, 5) is 11.3. The van der Waals surface area contributed by atoms with Gasteiger partial charge in [0, 0.05) is 16.2 Å². The van der Waals surface area contributed by atoms with Crippen molar-refractivity contribution in [1.29, 1.82) is 0 Å². The molecule has 0 N–H and O–H groups in total. The van der Waals surface area contributed by atoms with Gasteiger partial charge < -0.3 is 4.74 Å². The van der Waals surface area contributed by atoms with Gasteiger partial charge in [-0.3, -0.25) is 4.79 Å². The van der Waals surface area contributed by atoms with E-state index >= 15 is 0 Å². The van der Waals surface area contributed by atoms with E-state index in [1.54, 1.807) is 0 Å². The van der Waals surface area contributed by atoms with Crippen LogP contribution in [-0.4, -0.2) is 22.8 Å². The molecule has 2 bridgehead atoms. The largest absolute Gasteiger partial charge is 0.465 e. The Morgan fingerprint density at radius 1 is 1.33 bits per heavy atom. The number of esters is 1. The minimum absolute atomic E-state index is 0.112. The number of rotatable bonds is 0. The molecule has 2 saturated carbocycles. The summed E-state index contributed by atoms with van der Waals surface area (Å²) < 4.78 is 5.13. The van der Waals surface area contributed by atoms with Crippen molar-refractivity contribution in [2.45, 2.75) is 18.4 Å². The second-order valence-electron chi connectivity index (χ2n) is 4.69. The van der Waals surface area contributed by atoms with Crippen LogP contribution in [0.5, 0.6) is 0 Å². The van der Waals surface area contributed by atoms with Crippen molar-refractivity contribution in [2.24, 2.45) is 23.7 Å². The van der Waals surface area contributed by atoms with Gasteiger partial charge in [-0.1, -0.05) is 5.54 Å². The van der Waals surface area contributed by atoms with Gasteiger partial charge in [-0.25, -0.2) is 0 Å². The van der Waals surface area contributed by atoms with Crippen molar-refractivity contribution in [3.8, 4) is 0 Å². The lowest BCUT2D eigenvalue weighted by molar-refractivity contribution is -0.142. The third-order valence-corrected chi connectivity index (χ3v) is 5.52.